The topological polar surface area (TPSA) is 72.0 Å². The van der Waals surface area contributed by atoms with Crippen molar-refractivity contribution in [2.45, 2.75) is 51.9 Å². The van der Waals surface area contributed by atoms with E-state index in [0.717, 1.165) is 24.0 Å². The molecule has 1 aromatic carbocycles. The van der Waals surface area contributed by atoms with E-state index in [2.05, 4.69) is 4.98 Å². The summed E-state index contributed by atoms with van der Waals surface area (Å²) < 4.78 is 10.9. The molecule has 0 N–H and O–H groups in total. The van der Waals surface area contributed by atoms with Gasteiger partial charge >= 0.3 is 12.2 Å². The molecule has 0 radical (unpaired) electrons. The van der Waals surface area contributed by atoms with Gasteiger partial charge in [-0.2, -0.15) is 0 Å². The highest BCUT2D eigenvalue weighted by Crippen LogP contribution is 2.32. The predicted octanol–water partition coefficient (Wildman–Crippen LogP) is 4.93. The number of likely N-dealkylation sites (tertiary alicyclic amines) is 1. The van der Waals surface area contributed by atoms with Gasteiger partial charge < -0.3 is 14.4 Å². The standard InChI is InChI=1S/C23H29N3O4/c1-23(2,3)30-21(27)25(4)20-13-12-18(15-24-20)19-11-8-14-26(19)22(28)29-16-17-9-6-5-7-10-17/h5-7,9-10,12-13,15,19H,8,11,14,16H2,1-4H3. The molecule has 2 amide bonds. The third-order valence-electron chi connectivity index (χ3n) is 4.86. The summed E-state index contributed by atoms with van der Waals surface area (Å²) in [5.74, 6) is 0.490. The molecule has 1 atom stereocenters. The van der Waals surface area contributed by atoms with Crippen LogP contribution in [0.4, 0.5) is 15.4 Å². The summed E-state index contributed by atoms with van der Waals surface area (Å²) in [6.45, 7) is 6.36. The summed E-state index contributed by atoms with van der Waals surface area (Å²) in [4.78, 5) is 32.4. The molecule has 2 aromatic rings. The normalized spacial score (nSPS) is 16.3. The maximum atomic E-state index is 12.6. The van der Waals surface area contributed by atoms with E-state index in [1.54, 1.807) is 24.2 Å². The highest BCUT2D eigenvalue weighted by Gasteiger charge is 2.31. The van der Waals surface area contributed by atoms with Crippen molar-refractivity contribution in [1.29, 1.82) is 0 Å². The Kier molecular flexibility index (Phi) is 6.59. The molecule has 0 aliphatic carbocycles. The zero-order valence-electron chi connectivity index (χ0n) is 18.0. The smallest absolute Gasteiger partial charge is 0.415 e. The zero-order valence-corrected chi connectivity index (χ0v) is 18.0. The first kappa shape index (κ1) is 21.6. The molecule has 7 heteroatoms. The Bertz CT molecular complexity index is 862. The number of nitrogens with zero attached hydrogens (tertiary/aromatic N) is 3. The van der Waals surface area contributed by atoms with E-state index < -0.39 is 11.7 Å². The van der Waals surface area contributed by atoms with Gasteiger partial charge in [-0.3, -0.25) is 4.90 Å². The Balaban J connectivity index is 1.63. The van der Waals surface area contributed by atoms with Gasteiger partial charge in [0.2, 0.25) is 0 Å². The number of carbonyl (C=O) groups is 2. The van der Waals surface area contributed by atoms with Gasteiger partial charge in [0, 0.05) is 19.8 Å². The first-order valence-corrected chi connectivity index (χ1v) is 10.1. The SMILES string of the molecule is CN(C(=O)OC(C)(C)C)c1ccc(C2CCCN2C(=O)OCc2ccccc2)cn1. The fourth-order valence-electron chi connectivity index (χ4n) is 3.35. The molecule has 1 fully saturated rings. The van der Waals surface area contributed by atoms with Crippen molar-refractivity contribution < 1.29 is 19.1 Å². The van der Waals surface area contributed by atoms with Gasteiger partial charge in [-0.1, -0.05) is 36.4 Å². The number of pyridine rings is 1. The van der Waals surface area contributed by atoms with E-state index in [4.69, 9.17) is 9.47 Å². The molecule has 3 rings (SSSR count). The number of amides is 2. The van der Waals surface area contributed by atoms with Gasteiger partial charge in [-0.15, -0.1) is 0 Å². The third kappa shape index (κ3) is 5.49. The van der Waals surface area contributed by atoms with Crippen LogP contribution in [0.5, 0.6) is 0 Å². The first-order valence-electron chi connectivity index (χ1n) is 10.1. The summed E-state index contributed by atoms with van der Waals surface area (Å²) in [5, 5.41) is 0. The first-order chi connectivity index (χ1) is 14.2. The maximum Gasteiger partial charge on any atom is 0.415 e. The molecule has 7 nitrogen and oxygen atoms in total. The molecule has 0 spiro atoms. The number of hydrogen-bond acceptors (Lipinski definition) is 5. The molecular formula is C23H29N3O4. The minimum Gasteiger partial charge on any atom is -0.445 e. The fraction of sp³-hybridized carbons (Fsp3) is 0.435. The van der Waals surface area contributed by atoms with E-state index in [1.165, 1.54) is 4.90 Å². The van der Waals surface area contributed by atoms with Crippen LogP contribution in [0.3, 0.4) is 0 Å². The lowest BCUT2D eigenvalue weighted by Gasteiger charge is -2.26. The van der Waals surface area contributed by atoms with Crippen molar-refractivity contribution in [3.8, 4) is 0 Å². The summed E-state index contributed by atoms with van der Waals surface area (Å²) >= 11 is 0. The Hall–Kier alpha value is -3.09. The van der Waals surface area contributed by atoms with Crippen LogP contribution in [-0.4, -0.2) is 41.3 Å². The maximum absolute atomic E-state index is 12.6. The Morgan fingerprint density at radius 1 is 1.17 bits per heavy atom. The predicted molar refractivity (Wildman–Crippen MR) is 114 cm³/mol. The lowest BCUT2D eigenvalue weighted by atomic mass is 10.1. The summed E-state index contributed by atoms with van der Waals surface area (Å²) in [6.07, 6.45) is 2.68. The third-order valence-corrected chi connectivity index (χ3v) is 4.86. The van der Waals surface area contributed by atoms with Crippen molar-refractivity contribution >= 4 is 18.0 Å². The van der Waals surface area contributed by atoms with Gasteiger partial charge in [-0.05, 0) is 50.8 Å². The number of rotatable bonds is 4. The van der Waals surface area contributed by atoms with E-state index in [0.29, 0.717) is 12.4 Å². The molecule has 1 aliphatic heterocycles. The molecule has 160 valence electrons. The molecule has 30 heavy (non-hydrogen) atoms. The average molecular weight is 412 g/mol. The number of hydrogen-bond donors (Lipinski definition) is 0. The number of aromatic nitrogens is 1. The molecule has 0 bridgehead atoms. The molecule has 1 saturated heterocycles. The second-order valence-electron chi connectivity index (χ2n) is 8.38. The second kappa shape index (κ2) is 9.15. The molecule has 1 aliphatic rings. The molecule has 2 heterocycles. The van der Waals surface area contributed by atoms with Crippen LogP contribution in [0.1, 0.15) is 50.8 Å². The van der Waals surface area contributed by atoms with E-state index in [1.807, 2.05) is 57.2 Å². The van der Waals surface area contributed by atoms with Crippen molar-refractivity contribution in [3.05, 3.63) is 59.8 Å². The zero-order chi connectivity index (χ0) is 21.7. The van der Waals surface area contributed by atoms with E-state index in [-0.39, 0.29) is 18.7 Å². The van der Waals surface area contributed by atoms with Crippen LogP contribution in [0, 0.1) is 0 Å². The number of anilines is 1. The van der Waals surface area contributed by atoms with Crippen molar-refractivity contribution in [3.63, 3.8) is 0 Å². The molecule has 1 unspecified atom stereocenters. The van der Waals surface area contributed by atoms with Crippen LogP contribution in [0.15, 0.2) is 48.7 Å². The quantitative estimate of drug-likeness (QED) is 0.714. The molecule has 0 saturated carbocycles. The summed E-state index contributed by atoms with van der Waals surface area (Å²) in [7, 11) is 1.62. The highest BCUT2D eigenvalue weighted by molar-refractivity contribution is 5.85. The Morgan fingerprint density at radius 3 is 2.53 bits per heavy atom. The van der Waals surface area contributed by atoms with E-state index >= 15 is 0 Å². The van der Waals surface area contributed by atoms with E-state index in [9.17, 15) is 9.59 Å². The summed E-state index contributed by atoms with van der Waals surface area (Å²) in [5.41, 5.74) is 1.30. The monoisotopic (exact) mass is 411 g/mol. The number of carbonyl (C=O) groups excluding carboxylic acids is 2. The number of benzene rings is 1. The second-order valence-corrected chi connectivity index (χ2v) is 8.38. The van der Waals surface area contributed by atoms with Gasteiger partial charge in [0.25, 0.3) is 0 Å². The molecular weight excluding hydrogens is 382 g/mol. The van der Waals surface area contributed by atoms with Crippen LogP contribution < -0.4 is 4.90 Å². The lowest BCUT2D eigenvalue weighted by Crippen LogP contribution is -2.34. The van der Waals surface area contributed by atoms with Crippen LogP contribution >= 0.6 is 0 Å². The average Bonchev–Trinajstić information content (AvgIpc) is 3.21. The van der Waals surface area contributed by atoms with Crippen molar-refractivity contribution in [2.24, 2.45) is 0 Å². The Labute approximate surface area is 177 Å². The lowest BCUT2D eigenvalue weighted by molar-refractivity contribution is 0.0588. The van der Waals surface area contributed by atoms with Crippen molar-refractivity contribution in [2.75, 3.05) is 18.5 Å². The van der Waals surface area contributed by atoms with Gasteiger partial charge in [0.1, 0.15) is 18.0 Å². The van der Waals surface area contributed by atoms with Crippen LogP contribution in [0.2, 0.25) is 0 Å². The minimum atomic E-state index is -0.574. The van der Waals surface area contributed by atoms with Crippen molar-refractivity contribution in [1.82, 2.24) is 9.88 Å². The van der Waals surface area contributed by atoms with Crippen LogP contribution in [-0.2, 0) is 16.1 Å². The fourth-order valence-corrected chi connectivity index (χ4v) is 3.35. The minimum absolute atomic E-state index is 0.0818. The number of ether oxygens (including phenoxy) is 2. The summed E-state index contributed by atoms with van der Waals surface area (Å²) in [6, 6.07) is 13.2. The van der Waals surface area contributed by atoms with Gasteiger partial charge in [-0.25, -0.2) is 14.6 Å². The Morgan fingerprint density at radius 2 is 1.90 bits per heavy atom. The van der Waals surface area contributed by atoms with Crippen LogP contribution in [0.25, 0.3) is 0 Å². The van der Waals surface area contributed by atoms with Gasteiger partial charge in [0.05, 0.1) is 6.04 Å². The molecule has 1 aromatic heterocycles. The highest BCUT2D eigenvalue weighted by atomic mass is 16.6. The van der Waals surface area contributed by atoms with Gasteiger partial charge in [0.15, 0.2) is 0 Å². The largest absolute Gasteiger partial charge is 0.445 e.